The van der Waals surface area contributed by atoms with Crippen LogP contribution < -0.4 is 4.90 Å². The molecule has 30 heavy (non-hydrogen) atoms. The maximum Gasteiger partial charge on any atom is 0.257 e. The molecule has 3 heterocycles. The normalized spacial score (nSPS) is 15.1. The molecule has 0 radical (unpaired) electrons. The van der Waals surface area contributed by atoms with Crippen LogP contribution >= 0.6 is 11.6 Å². The van der Waals surface area contributed by atoms with Gasteiger partial charge in [0.25, 0.3) is 5.91 Å². The molecule has 0 spiro atoms. The Morgan fingerprint density at radius 2 is 1.87 bits per heavy atom. The van der Waals surface area contributed by atoms with Crippen LogP contribution in [-0.4, -0.2) is 51.6 Å². The van der Waals surface area contributed by atoms with Crippen LogP contribution in [0.2, 0.25) is 5.02 Å². The van der Waals surface area contributed by atoms with Crippen LogP contribution in [0.25, 0.3) is 5.65 Å². The zero-order chi connectivity index (χ0) is 21.5. The SMILES string of the molecule is CCc1c(C(=O)N2CCN(c3cccc(Cl)c3)CC2)cnc2cc(C(C)(C)C)nn12. The number of anilines is 1. The summed E-state index contributed by atoms with van der Waals surface area (Å²) in [7, 11) is 0. The molecule has 2 aromatic heterocycles. The quantitative estimate of drug-likeness (QED) is 0.630. The number of aromatic nitrogens is 3. The third-order valence-corrected chi connectivity index (χ3v) is 5.89. The average molecular weight is 426 g/mol. The summed E-state index contributed by atoms with van der Waals surface area (Å²) in [5, 5.41) is 5.49. The Kier molecular flexibility index (Phi) is 5.45. The molecule has 0 saturated carbocycles. The Balaban J connectivity index is 1.56. The number of fused-ring (bicyclic) bond motifs is 1. The first-order chi connectivity index (χ1) is 14.3. The Morgan fingerprint density at radius 3 is 2.50 bits per heavy atom. The molecule has 0 atom stereocenters. The van der Waals surface area contributed by atoms with Crippen LogP contribution in [0, 0.1) is 0 Å². The van der Waals surface area contributed by atoms with Crippen molar-refractivity contribution in [2.75, 3.05) is 31.1 Å². The molecule has 1 fully saturated rings. The minimum Gasteiger partial charge on any atom is -0.368 e. The standard InChI is InChI=1S/C23H28ClN5O/c1-5-19-18(15-25-21-14-20(23(2,3)4)26-29(19)21)22(30)28-11-9-27(10-12-28)17-8-6-7-16(24)13-17/h6-8,13-15H,5,9-12H2,1-4H3. The lowest BCUT2D eigenvalue weighted by Crippen LogP contribution is -2.49. The predicted molar refractivity (Wildman–Crippen MR) is 121 cm³/mol. The van der Waals surface area contributed by atoms with Gasteiger partial charge in [-0.15, -0.1) is 0 Å². The fourth-order valence-corrected chi connectivity index (χ4v) is 4.06. The largest absolute Gasteiger partial charge is 0.368 e. The Labute approximate surface area is 182 Å². The molecule has 4 rings (SSSR count). The number of benzene rings is 1. The molecule has 0 aliphatic carbocycles. The topological polar surface area (TPSA) is 53.7 Å². The van der Waals surface area contributed by atoms with Crippen LogP contribution in [0.4, 0.5) is 5.69 Å². The monoisotopic (exact) mass is 425 g/mol. The van der Waals surface area contributed by atoms with Gasteiger partial charge in [-0.3, -0.25) is 4.79 Å². The van der Waals surface area contributed by atoms with Crippen molar-refractivity contribution in [2.45, 2.75) is 39.5 Å². The molecule has 1 saturated heterocycles. The number of hydrogen-bond donors (Lipinski definition) is 0. The summed E-state index contributed by atoms with van der Waals surface area (Å²) in [5.74, 6) is 0.0276. The zero-order valence-corrected chi connectivity index (χ0v) is 18.8. The van der Waals surface area contributed by atoms with Crippen LogP contribution in [0.3, 0.4) is 0 Å². The highest BCUT2D eigenvalue weighted by molar-refractivity contribution is 6.30. The van der Waals surface area contributed by atoms with E-state index in [4.69, 9.17) is 16.7 Å². The third-order valence-electron chi connectivity index (χ3n) is 5.66. The summed E-state index contributed by atoms with van der Waals surface area (Å²) >= 11 is 6.13. The van der Waals surface area contributed by atoms with Crippen molar-refractivity contribution in [2.24, 2.45) is 0 Å². The maximum atomic E-state index is 13.3. The van der Waals surface area contributed by atoms with E-state index in [0.717, 1.165) is 40.8 Å². The van der Waals surface area contributed by atoms with E-state index in [-0.39, 0.29) is 11.3 Å². The summed E-state index contributed by atoms with van der Waals surface area (Å²) < 4.78 is 1.84. The summed E-state index contributed by atoms with van der Waals surface area (Å²) in [6.07, 6.45) is 2.43. The molecule has 0 unspecified atom stereocenters. The lowest BCUT2D eigenvalue weighted by molar-refractivity contribution is 0.0744. The van der Waals surface area contributed by atoms with Gasteiger partial charge in [-0.1, -0.05) is 45.4 Å². The van der Waals surface area contributed by atoms with E-state index in [1.165, 1.54) is 0 Å². The van der Waals surface area contributed by atoms with Crippen LogP contribution in [0.5, 0.6) is 0 Å². The Hall–Kier alpha value is -2.60. The second kappa shape index (κ2) is 7.91. The van der Waals surface area contributed by atoms with E-state index in [9.17, 15) is 4.79 Å². The van der Waals surface area contributed by atoms with E-state index in [0.29, 0.717) is 25.1 Å². The highest BCUT2D eigenvalue weighted by atomic mass is 35.5. The summed E-state index contributed by atoms with van der Waals surface area (Å²) in [4.78, 5) is 22.0. The second-order valence-corrected chi connectivity index (χ2v) is 9.22. The number of piperazine rings is 1. The molecule has 1 amide bonds. The first-order valence-corrected chi connectivity index (χ1v) is 10.8. The first kappa shape index (κ1) is 20.7. The molecule has 1 aliphatic heterocycles. The smallest absolute Gasteiger partial charge is 0.257 e. The minimum atomic E-state index is -0.0699. The van der Waals surface area contributed by atoms with Gasteiger partial charge < -0.3 is 9.80 Å². The average Bonchev–Trinajstić information content (AvgIpc) is 3.18. The maximum absolute atomic E-state index is 13.3. The number of carbonyl (C=O) groups excluding carboxylic acids is 1. The molecule has 158 valence electrons. The zero-order valence-electron chi connectivity index (χ0n) is 18.0. The van der Waals surface area contributed by atoms with Crippen molar-refractivity contribution < 1.29 is 4.79 Å². The minimum absolute atomic E-state index is 0.0276. The van der Waals surface area contributed by atoms with E-state index in [1.54, 1.807) is 6.20 Å². The fourth-order valence-electron chi connectivity index (χ4n) is 3.88. The Bertz CT molecular complexity index is 1080. The van der Waals surface area contributed by atoms with Gasteiger partial charge in [0, 0.05) is 54.6 Å². The number of amides is 1. The van der Waals surface area contributed by atoms with E-state index in [2.05, 4.69) is 43.6 Å². The van der Waals surface area contributed by atoms with Crippen molar-refractivity contribution in [3.05, 3.63) is 58.5 Å². The Morgan fingerprint density at radius 1 is 1.13 bits per heavy atom. The van der Waals surface area contributed by atoms with Crippen molar-refractivity contribution in [1.82, 2.24) is 19.5 Å². The highest BCUT2D eigenvalue weighted by Crippen LogP contribution is 2.24. The van der Waals surface area contributed by atoms with Gasteiger partial charge in [0.1, 0.15) is 0 Å². The number of rotatable bonds is 3. The van der Waals surface area contributed by atoms with Crippen LogP contribution in [0.1, 0.15) is 49.4 Å². The highest BCUT2D eigenvalue weighted by Gasteiger charge is 2.26. The molecule has 7 heteroatoms. The lowest BCUT2D eigenvalue weighted by atomic mass is 9.93. The molecular weight excluding hydrogens is 398 g/mol. The van der Waals surface area contributed by atoms with Crippen LogP contribution in [-0.2, 0) is 11.8 Å². The fraction of sp³-hybridized carbons (Fsp3) is 0.435. The number of halogens is 1. The number of hydrogen-bond acceptors (Lipinski definition) is 4. The molecule has 3 aromatic rings. The molecular formula is C23H28ClN5O. The van der Waals surface area contributed by atoms with E-state index >= 15 is 0 Å². The summed E-state index contributed by atoms with van der Waals surface area (Å²) in [6, 6.07) is 9.87. The van der Waals surface area contributed by atoms with Gasteiger partial charge in [-0.25, -0.2) is 9.50 Å². The molecule has 1 aromatic carbocycles. The number of aryl methyl sites for hydroxylation is 1. The van der Waals surface area contributed by atoms with Gasteiger partial charge in [0.15, 0.2) is 5.65 Å². The predicted octanol–water partition coefficient (Wildman–Crippen LogP) is 4.21. The molecule has 0 N–H and O–H groups in total. The molecule has 1 aliphatic rings. The van der Waals surface area contributed by atoms with Gasteiger partial charge in [0.05, 0.1) is 17.0 Å². The van der Waals surface area contributed by atoms with Crippen molar-refractivity contribution >= 4 is 28.8 Å². The van der Waals surface area contributed by atoms with E-state index < -0.39 is 0 Å². The lowest BCUT2D eigenvalue weighted by Gasteiger charge is -2.36. The van der Waals surface area contributed by atoms with Gasteiger partial charge in [-0.05, 0) is 24.6 Å². The summed E-state index contributed by atoms with van der Waals surface area (Å²) in [6.45, 7) is 11.3. The van der Waals surface area contributed by atoms with Gasteiger partial charge in [-0.2, -0.15) is 5.10 Å². The number of carbonyl (C=O) groups is 1. The van der Waals surface area contributed by atoms with Gasteiger partial charge >= 0.3 is 0 Å². The molecule has 6 nitrogen and oxygen atoms in total. The van der Waals surface area contributed by atoms with Crippen molar-refractivity contribution in [3.8, 4) is 0 Å². The van der Waals surface area contributed by atoms with Crippen LogP contribution in [0.15, 0.2) is 36.5 Å². The molecule has 0 bridgehead atoms. The third kappa shape index (κ3) is 3.88. The second-order valence-electron chi connectivity index (χ2n) is 8.78. The summed E-state index contributed by atoms with van der Waals surface area (Å²) in [5.41, 5.74) is 4.35. The number of nitrogens with zero attached hydrogens (tertiary/aromatic N) is 5. The first-order valence-electron chi connectivity index (χ1n) is 10.5. The van der Waals surface area contributed by atoms with Crippen molar-refractivity contribution in [1.29, 1.82) is 0 Å². The van der Waals surface area contributed by atoms with E-state index in [1.807, 2.05) is 33.7 Å². The van der Waals surface area contributed by atoms with Gasteiger partial charge in [0.2, 0.25) is 0 Å². The van der Waals surface area contributed by atoms with Crippen molar-refractivity contribution in [3.63, 3.8) is 0 Å².